The number of halogens is 3. The molecule has 0 amide bonds. The van der Waals surface area contributed by atoms with Gasteiger partial charge in [0.15, 0.2) is 0 Å². The predicted octanol–water partition coefficient (Wildman–Crippen LogP) is 4.05. The highest BCUT2D eigenvalue weighted by atomic mass is 19.4. The molecule has 8 heteroatoms. The molecule has 0 unspecified atom stereocenters. The fourth-order valence-electron chi connectivity index (χ4n) is 4.99. The highest BCUT2D eigenvalue weighted by molar-refractivity contribution is 5.32. The van der Waals surface area contributed by atoms with Crippen molar-refractivity contribution in [2.24, 2.45) is 0 Å². The summed E-state index contributed by atoms with van der Waals surface area (Å²) < 4.78 is 38.3. The summed E-state index contributed by atoms with van der Waals surface area (Å²) in [7, 11) is 0. The number of hydrogen-bond donors (Lipinski definition) is 2. The molecule has 2 aliphatic rings. The van der Waals surface area contributed by atoms with Crippen LogP contribution in [-0.4, -0.2) is 64.9 Å². The second-order valence-electron chi connectivity index (χ2n) is 8.75. The van der Waals surface area contributed by atoms with E-state index in [4.69, 9.17) is 9.90 Å². The van der Waals surface area contributed by atoms with Gasteiger partial charge < -0.3 is 10.2 Å². The van der Waals surface area contributed by atoms with E-state index in [9.17, 15) is 18.3 Å². The van der Waals surface area contributed by atoms with Crippen molar-refractivity contribution in [3.63, 3.8) is 0 Å². The molecule has 180 valence electrons. The van der Waals surface area contributed by atoms with Crippen molar-refractivity contribution in [1.82, 2.24) is 9.80 Å². The van der Waals surface area contributed by atoms with Crippen molar-refractivity contribution in [2.45, 2.75) is 50.0 Å². The molecule has 2 aromatic rings. The normalized spacial score (nSPS) is 24.2. The van der Waals surface area contributed by atoms with E-state index >= 15 is 0 Å². The first-order valence-electron chi connectivity index (χ1n) is 11.2. The Morgan fingerprint density at radius 3 is 2.27 bits per heavy atom. The first-order valence-corrected chi connectivity index (χ1v) is 11.2. The van der Waals surface area contributed by atoms with Crippen LogP contribution in [0.2, 0.25) is 0 Å². The Bertz CT molecular complexity index is 888. The van der Waals surface area contributed by atoms with E-state index in [1.807, 2.05) is 36.4 Å². The van der Waals surface area contributed by atoms with Crippen LogP contribution in [0.5, 0.6) is 0 Å². The molecule has 4 rings (SSSR count). The Labute approximate surface area is 192 Å². The first kappa shape index (κ1) is 25.2. The highest BCUT2D eigenvalue weighted by Gasteiger charge is 2.46. The topological polar surface area (TPSA) is 64.0 Å². The van der Waals surface area contributed by atoms with Crippen molar-refractivity contribution >= 4 is 6.47 Å². The lowest BCUT2D eigenvalue weighted by Gasteiger charge is -2.48. The number of hydrogen-bond acceptors (Lipinski definition) is 4. The monoisotopic (exact) mass is 464 g/mol. The van der Waals surface area contributed by atoms with Crippen LogP contribution >= 0.6 is 0 Å². The largest absolute Gasteiger partial charge is 0.483 e. The molecule has 2 saturated heterocycles. The van der Waals surface area contributed by atoms with Gasteiger partial charge in [-0.25, -0.2) is 0 Å². The maximum absolute atomic E-state index is 12.8. The van der Waals surface area contributed by atoms with E-state index in [1.165, 1.54) is 6.07 Å². The van der Waals surface area contributed by atoms with Gasteiger partial charge in [-0.1, -0.05) is 54.6 Å². The molecule has 2 aromatic carbocycles. The number of alkyl halides is 3. The van der Waals surface area contributed by atoms with Gasteiger partial charge in [0.05, 0.1) is 12.5 Å². The van der Waals surface area contributed by atoms with Gasteiger partial charge in [-0.2, -0.15) is 13.2 Å². The Kier molecular flexibility index (Phi) is 8.51. The molecule has 5 nitrogen and oxygen atoms in total. The lowest BCUT2D eigenvalue weighted by molar-refractivity contribution is -0.127. The second-order valence-corrected chi connectivity index (χ2v) is 8.75. The lowest BCUT2D eigenvalue weighted by atomic mass is 9.79. The van der Waals surface area contributed by atoms with Crippen LogP contribution in [0.25, 0.3) is 0 Å². The minimum absolute atomic E-state index is 0.0190. The number of likely N-dealkylation sites (tertiary alicyclic amines) is 2. The Morgan fingerprint density at radius 1 is 1.00 bits per heavy atom. The van der Waals surface area contributed by atoms with Crippen molar-refractivity contribution in [3.8, 4) is 0 Å². The van der Waals surface area contributed by atoms with E-state index in [2.05, 4.69) is 9.80 Å². The number of rotatable bonds is 5. The van der Waals surface area contributed by atoms with Crippen molar-refractivity contribution in [2.75, 3.05) is 26.2 Å². The first-order chi connectivity index (χ1) is 15.7. The zero-order chi connectivity index (χ0) is 23.9. The Morgan fingerprint density at radius 2 is 1.64 bits per heavy atom. The van der Waals surface area contributed by atoms with E-state index in [0.29, 0.717) is 31.6 Å². The van der Waals surface area contributed by atoms with Crippen LogP contribution in [0, 0.1) is 0 Å². The van der Waals surface area contributed by atoms with Crippen LogP contribution in [0.4, 0.5) is 13.2 Å². The molecule has 2 fully saturated rings. The minimum Gasteiger partial charge on any atom is -0.483 e. The quantitative estimate of drug-likeness (QED) is 0.654. The van der Waals surface area contributed by atoms with E-state index in [1.54, 1.807) is 12.1 Å². The molecule has 0 spiro atoms. The van der Waals surface area contributed by atoms with E-state index in [-0.39, 0.29) is 12.5 Å². The number of piperidine rings is 1. The molecule has 2 atom stereocenters. The zero-order valence-corrected chi connectivity index (χ0v) is 18.5. The molecule has 2 heterocycles. The molecule has 0 radical (unpaired) electrons. The summed E-state index contributed by atoms with van der Waals surface area (Å²) in [4.78, 5) is 13.0. The van der Waals surface area contributed by atoms with Gasteiger partial charge in [0.2, 0.25) is 0 Å². The smallest absolute Gasteiger partial charge is 0.393 e. The SMILES string of the molecule is O=CO.O[C@]1(c2ccccc2)CCN(Cc2cccc(CC(F)(F)F)c2)C[C@H]1N1CCCC1. The summed E-state index contributed by atoms with van der Waals surface area (Å²) in [5, 5.41) is 18.6. The zero-order valence-electron chi connectivity index (χ0n) is 18.5. The minimum atomic E-state index is -4.20. The fraction of sp³-hybridized carbons (Fsp3) is 0.480. The molecule has 0 saturated carbocycles. The second kappa shape index (κ2) is 11.1. The molecule has 2 aliphatic heterocycles. The molecular formula is C25H31F3N2O3. The Hall–Kier alpha value is -2.42. The molecule has 33 heavy (non-hydrogen) atoms. The van der Waals surface area contributed by atoms with Crippen LogP contribution in [-0.2, 0) is 23.4 Å². The van der Waals surface area contributed by atoms with Gasteiger partial charge in [-0.15, -0.1) is 0 Å². The third kappa shape index (κ3) is 6.79. The highest BCUT2D eigenvalue weighted by Crippen LogP contribution is 2.37. The van der Waals surface area contributed by atoms with Crippen molar-refractivity contribution in [1.29, 1.82) is 0 Å². The van der Waals surface area contributed by atoms with E-state index in [0.717, 1.165) is 37.1 Å². The van der Waals surface area contributed by atoms with Crippen molar-refractivity contribution < 1.29 is 28.2 Å². The van der Waals surface area contributed by atoms with Gasteiger partial charge in [0.25, 0.3) is 6.47 Å². The molecule has 0 aromatic heterocycles. The summed E-state index contributed by atoms with van der Waals surface area (Å²) in [6, 6.07) is 16.7. The molecule has 0 bridgehead atoms. The molecule has 0 aliphatic carbocycles. The Balaban J connectivity index is 0.000000968. The summed E-state index contributed by atoms with van der Waals surface area (Å²) in [5.41, 5.74) is 1.24. The number of aliphatic hydroxyl groups is 1. The summed E-state index contributed by atoms with van der Waals surface area (Å²) in [6.07, 6.45) is -2.20. The molecule has 2 N–H and O–H groups in total. The van der Waals surface area contributed by atoms with Gasteiger partial charge >= 0.3 is 6.18 Å². The van der Waals surface area contributed by atoms with Crippen molar-refractivity contribution in [3.05, 3.63) is 71.3 Å². The number of nitrogens with zero attached hydrogens (tertiary/aromatic N) is 2. The standard InChI is InChI=1S/C24H29F3N2O.CH2O2/c25-24(26,27)16-19-7-6-8-20(15-19)17-28-14-11-23(30,21-9-2-1-3-10-21)22(18-28)29-12-4-5-13-29;2-1-3/h1-3,6-10,15,22,30H,4-5,11-14,16-18H2;1H,(H,2,3)/t22-,23+;/m1./s1. The third-order valence-corrected chi connectivity index (χ3v) is 6.45. The van der Waals surface area contributed by atoms with Crippen LogP contribution in [0.3, 0.4) is 0 Å². The number of carbonyl (C=O) groups is 1. The van der Waals surface area contributed by atoms with Gasteiger partial charge in [-0.3, -0.25) is 14.6 Å². The maximum atomic E-state index is 12.8. The van der Waals surface area contributed by atoms with Gasteiger partial charge in [0.1, 0.15) is 5.60 Å². The van der Waals surface area contributed by atoms with Gasteiger partial charge in [-0.05, 0) is 49.0 Å². The number of benzene rings is 2. The van der Waals surface area contributed by atoms with Crippen LogP contribution in [0.1, 0.15) is 36.0 Å². The average Bonchev–Trinajstić information content (AvgIpc) is 3.30. The summed E-state index contributed by atoms with van der Waals surface area (Å²) in [6.45, 7) is 3.72. The van der Waals surface area contributed by atoms with E-state index < -0.39 is 18.2 Å². The number of carboxylic acid groups (broad SMARTS) is 1. The predicted molar refractivity (Wildman–Crippen MR) is 120 cm³/mol. The maximum Gasteiger partial charge on any atom is 0.393 e. The van der Waals surface area contributed by atoms with Gasteiger partial charge in [0, 0.05) is 19.6 Å². The molecular weight excluding hydrogens is 433 g/mol. The summed E-state index contributed by atoms with van der Waals surface area (Å²) >= 11 is 0. The average molecular weight is 465 g/mol. The lowest BCUT2D eigenvalue weighted by Crippen LogP contribution is -2.60. The third-order valence-electron chi connectivity index (χ3n) is 6.45. The van der Waals surface area contributed by atoms with Crippen LogP contribution < -0.4 is 0 Å². The van der Waals surface area contributed by atoms with Crippen LogP contribution in [0.15, 0.2) is 54.6 Å². The summed E-state index contributed by atoms with van der Waals surface area (Å²) in [5.74, 6) is 0. The fourth-order valence-corrected chi connectivity index (χ4v) is 4.99.